The maximum atomic E-state index is 9.88. The van der Waals surface area contributed by atoms with Crippen molar-refractivity contribution >= 4 is 73.3 Å². The summed E-state index contributed by atoms with van der Waals surface area (Å²) in [5, 5.41) is 4.30. The molecule has 3 heterocycles. The maximum absolute atomic E-state index is 9.88. The lowest BCUT2D eigenvalue weighted by Gasteiger charge is -2.45. The smallest absolute Gasteiger partial charge is 0.252 e. The third-order valence-corrected chi connectivity index (χ3v) is 23.5. The maximum Gasteiger partial charge on any atom is 0.252 e. The number of aromatic nitrogens is 1. The minimum atomic E-state index is -0.753. The van der Waals surface area contributed by atoms with Gasteiger partial charge in [0.2, 0.25) is 0 Å². The first-order valence-corrected chi connectivity index (χ1v) is 40.2. The van der Waals surface area contributed by atoms with Crippen LogP contribution in [-0.2, 0) is 48.7 Å². The molecule has 0 saturated heterocycles. The molecule has 12 aromatic carbocycles. The van der Waals surface area contributed by atoms with Crippen molar-refractivity contribution in [2.75, 3.05) is 10.2 Å². The molecule has 0 fully saturated rings. The topological polar surface area (TPSA) is 20.2 Å². The summed E-state index contributed by atoms with van der Waals surface area (Å²) in [5.41, 5.74) is 23.7. The van der Waals surface area contributed by atoms with E-state index in [2.05, 4.69) is 325 Å². The molecule has 0 atom stereocenters. The molecule has 0 aliphatic carbocycles. The van der Waals surface area contributed by atoms with Crippen LogP contribution >= 0.6 is 0 Å². The first kappa shape index (κ1) is 62.6. The molecule has 0 radical (unpaired) electrons. The number of nitrogens with one attached hydrogen (secondary N) is 1. The molecule has 13 aromatic rings. The SMILES string of the molecule is [2H]c1c([2H])c([2H])c(-c2ccc3c(c2)N(c2c(-c4ccc(C(C)(C)C)cc4)cc(C(C)(C)C)cc2-c2c(C(C)(C)C)cccc2C(C)(C)C)c2cc(C(C)(C)C)c(-c4c(-c5ccc(C(C)(C)C)cc5)cc(C(C)(C)C)cc4-c4cc(C(C)(C)C)cc(C(C)(C)C)c4)c4c2B3c2ccc(-n3c5c([2H])c([2H])c([2H])c([2H])c5c5c([2H])c([2H])c([2H])c([2H])c53)cc2N4)c([2H])c1[2H]. The largest absolute Gasteiger partial charge is 0.356 e. The zero-order valence-corrected chi connectivity index (χ0v) is 71.4. The van der Waals surface area contributed by atoms with Crippen molar-refractivity contribution in [3.8, 4) is 72.4 Å². The van der Waals surface area contributed by atoms with Crippen LogP contribution in [0.2, 0.25) is 0 Å². The van der Waals surface area contributed by atoms with Crippen molar-refractivity contribution in [3.05, 3.63) is 280 Å². The Balaban J connectivity index is 1.24. The lowest BCUT2D eigenvalue weighted by atomic mass is 9.33. The Hall–Kier alpha value is -9.90. The van der Waals surface area contributed by atoms with Crippen LogP contribution in [0.1, 0.15) is 255 Å². The van der Waals surface area contributed by atoms with Gasteiger partial charge in [0, 0.05) is 55.9 Å². The van der Waals surface area contributed by atoms with E-state index in [9.17, 15) is 13.7 Å². The van der Waals surface area contributed by atoms with Gasteiger partial charge in [-0.2, -0.15) is 0 Å². The molecule has 4 heteroatoms. The van der Waals surface area contributed by atoms with Gasteiger partial charge in [0.1, 0.15) is 0 Å². The minimum absolute atomic E-state index is 0.0106. The highest BCUT2D eigenvalue weighted by atomic mass is 15.2. The average molecular weight is 1480 g/mol. The van der Waals surface area contributed by atoms with E-state index in [1.54, 1.807) is 4.57 Å². The van der Waals surface area contributed by atoms with Crippen LogP contribution in [0, 0.1) is 0 Å². The van der Waals surface area contributed by atoms with Crippen molar-refractivity contribution in [1.82, 2.24) is 4.57 Å². The fraction of sp³-hybridized carbons (Fsp3) is 0.333. The molecule has 112 heavy (non-hydrogen) atoms. The summed E-state index contributed by atoms with van der Waals surface area (Å²) < 4.78 is 125. The van der Waals surface area contributed by atoms with Gasteiger partial charge in [0.15, 0.2) is 0 Å². The number of hydrogen-bond donors (Lipinski definition) is 1. The molecule has 0 saturated carbocycles. The van der Waals surface area contributed by atoms with Gasteiger partial charge in [-0.05, 0) is 226 Å². The zero-order valence-electron chi connectivity index (χ0n) is 84.4. The Morgan fingerprint density at radius 3 is 1.22 bits per heavy atom. The summed E-state index contributed by atoms with van der Waals surface area (Å²) in [7, 11) is 0. The number of hydrogen-bond acceptors (Lipinski definition) is 2. The fourth-order valence-electron chi connectivity index (χ4n) is 16.9. The standard InChI is InChI=1S/C108H120BN3/c1-100(2,3)71-49-44-67(45-50-71)80-60-75(104(13,14)15)61-81(70-56-73(102(7,8)9)59-74(57-70)103(10,11)12)94(80)96-86(108(25,26)27)65-93-97-98(96)110-89-64-77(111-90-42-33-31-38-78(90)79-39-32-34-43-91(79)111)53-55-87(89)109(97)88-54-48-69(66-36-29-28-30-37-66)58-92(88)112(93)99-82(68-46-51-72(52-47-68)101(4,5)6)62-76(105(16,17)18)63-83(99)95-84(106(19,20)21)40-35-41-85(95)107(22,23)24/h28-65,110H,1-27H3/i28D,29D,30D,31D,32D,33D,34D,36D,37D,38D,39D,42D,43D. The van der Waals surface area contributed by atoms with Gasteiger partial charge in [-0.25, -0.2) is 0 Å². The Bertz CT molecular complexity index is 6530. The Labute approximate surface area is 690 Å². The average Bonchev–Trinajstić information content (AvgIpc) is 1.10. The molecule has 0 amide bonds. The van der Waals surface area contributed by atoms with Gasteiger partial charge in [-0.15, -0.1) is 0 Å². The van der Waals surface area contributed by atoms with Gasteiger partial charge >= 0.3 is 0 Å². The van der Waals surface area contributed by atoms with Crippen molar-refractivity contribution in [2.24, 2.45) is 0 Å². The molecular formula is C108H120BN3. The molecule has 0 bridgehead atoms. The number of fused-ring (bicyclic) bond motifs is 7. The van der Waals surface area contributed by atoms with Gasteiger partial charge in [0.25, 0.3) is 6.71 Å². The van der Waals surface area contributed by atoms with Crippen LogP contribution in [0.4, 0.5) is 28.4 Å². The highest BCUT2D eigenvalue weighted by molar-refractivity contribution is 7.00. The quantitative estimate of drug-likeness (QED) is 0.153. The highest BCUT2D eigenvalue weighted by Crippen LogP contribution is 2.58. The summed E-state index contributed by atoms with van der Waals surface area (Å²) in [4.78, 5) is 2.47. The lowest BCUT2D eigenvalue weighted by Crippen LogP contribution is -2.60. The zero-order chi connectivity index (χ0) is 91.8. The molecule has 2 aliphatic heterocycles. The van der Waals surface area contributed by atoms with Crippen LogP contribution in [0.15, 0.2) is 230 Å². The molecule has 15 rings (SSSR count). The van der Waals surface area contributed by atoms with Gasteiger partial charge in [-0.1, -0.05) is 357 Å². The van der Waals surface area contributed by atoms with Crippen molar-refractivity contribution in [1.29, 1.82) is 0 Å². The monoisotopic (exact) mass is 1480 g/mol. The molecule has 3 nitrogen and oxygen atoms in total. The predicted octanol–water partition coefficient (Wildman–Crippen LogP) is 28.8. The van der Waals surface area contributed by atoms with Crippen LogP contribution < -0.4 is 26.6 Å². The summed E-state index contributed by atoms with van der Waals surface area (Å²) in [6.07, 6.45) is 0. The first-order valence-electron chi connectivity index (χ1n) is 46.7. The van der Waals surface area contributed by atoms with E-state index in [1.807, 2.05) is 24.3 Å². The van der Waals surface area contributed by atoms with E-state index in [4.69, 9.17) is 4.11 Å². The van der Waals surface area contributed by atoms with E-state index in [-0.39, 0.29) is 61.1 Å². The summed E-state index contributed by atoms with van der Waals surface area (Å²) in [6, 6.07) is 50.3. The number of anilines is 5. The minimum Gasteiger partial charge on any atom is -0.356 e. The van der Waals surface area contributed by atoms with Crippen LogP contribution in [0.3, 0.4) is 0 Å². The second-order valence-corrected chi connectivity index (χ2v) is 41.1. The number of rotatable bonds is 8. The summed E-state index contributed by atoms with van der Waals surface area (Å²) >= 11 is 0. The molecule has 0 unspecified atom stereocenters. The van der Waals surface area contributed by atoms with Crippen molar-refractivity contribution in [3.63, 3.8) is 0 Å². The van der Waals surface area contributed by atoms with Crippen LogP contribution in [-0.4, -0.2) is 11.3 Å². The second kappa shape index (κ2) is 26.9. The number of para-hydroxylation sites is 2. The molecule has 0 spiro atoms. The molecular weight excluding hydrogens is 1350 g/mol. The molecule has 2 aliphatic rings. The summed E-state index contributed by atoms with van der Waals surface area (Å²) in [6.45, 7) is 60.8. The van der Waals surface area contributed by atoms with Crippen LogP contribution in [0.5, 0.6) is 0 Å². The van der Waals surface area contributed by atoms with E-state index < -0.39 is 100 Å². The number of benzene rings is 12. The Morgan fingerprint density at radius 2 is 0.732 bits per heavy atom. The van der Waals surface area contributed by atoms with E-state index >= 15 is 0 Å². The van der Waals surface area contributed by atoms with Crippen molar-refractivity contribution < 1.29 is 17.8 Å². The van der Waals surface area contributed by atoms with Gasteiger partial charge < -0.3 is 14.8 Å². The van der Waals surface area contributed by atoms with Crippen LogP contribution in [0.25, 0.3) is 94.3 Å². The molecule has 1 aromatic heterocycles. The van der Waals surface area contributed by atoms with Gasteiger partial charge in [-0.3, -0.25) is 0 Å². The van der Waals surface area contributed by atoms with Crippen molar-refractivity contribution in [2.45, 2.75) is 236 Å². The number of nitrogens with zero attached hydrogens (tertiary/aromatic N) is 2. The highest BCUT2D eigenvalue weighted by Gasteiger charge is 2.47. The van der Waals surface area contributed by atoms with E-state index in [0.717, 1.165) is 122 Å². The Kier molecular flexibility index (Phi) is 15.0. The summed E-state index contributed by atoms with van der Waals surface area (Å²) in [5.74, 6) is 0. The lowest BCUT2D eigenvalue weighted by molar-refractivity contribution is 0.569. The van der Waals surface area contributed by atoms with E-state index in [0.29, 0.717) is 22.6 Å². The van der Waals surface area contributed by atoms with Gasteiger partial charge in [0.05, 0.1) is 34.5 Å². The third-order valence-electron chi connectivity index (χ3n) is 23.5. The Morgan fingerprint density at radius 1 is 0.304 bits per heavy atom. The normalized spacial score (nSPS) is 15.3. The predicted molar refractivity (Wildman–Crippen MR) is 491 cm³/mol. The molecule has 570 valence electrons. The first-order chi connectivity index (χ1) is 57.6. The molecule has 1 N–H and O–H groups in total. The second-order valence-electron chi connectivity index (χ2n) is 41.1. The van der Waals surface area contributed by atoms with E-state index in [1.165, 1.54) is 16.7 Å². The third kappa shape index (κ3) is 13.9. The fourth-order valence-corrected chi connectivity index (χ4v) is 16.9.